The minimum atomic E-state index is -0.281. The fourth-order valence-electron chi connectivity index (χ4n) is 1.23. The second-order valence-corrected chi connectivity index (χ2v) is 3.15. The molecule has 1 heterocycles. The third-order valence-electron chi connectivity index (χ3n) is 1.99. The average Bonchev–Trinajstić information content (AvgIpc) is 2.70. The SMILES string of the molecule is C=CC=C.O=C1C=CC(=O)N1c1ccccc1. The highest BCUT2D eigenvalue weighted by molar-refractivity contribution is 6.28. The van der Waals surface area contributed by atoms with Crippen molar-refractivity contribution in [2.24, 2.45) is 0 Å². The molecule has 0 saturated heterocycles. The number of rotatable bonds is 2. The standard InChI is InChI=1S/C10H7NO2.C4H6/c12-9-6-7-10(13)11(9)8-4-2-1-3-5-8;1-3-4-2/h1-7H;3-4H,1-2H2. The third kappa shape index (κ3) is 3.28. The summed E-state index contributed by atoms with van der Waals surface area (Å²) in [4.78, 5) is 23.5. The summed E-state index contributed by atoms with van der Waals surface area (Å²) in [5.41, 5.74) is 0.613. The molecule has 0 aromatic heterocycles. The first-order chi connectivity index (χ1) is 8.20. The summed E-state index contributed by atoms with van der Waals surface area (Å²) in [6.45, 7) is 6.72. The van der Waals surface area contributed by atoms with Crippen LogP contribution in [0.5, 0.6) is 0 Å². The molecule has 2 amide bonds. The van der Waals surface area contributed by atoms with Crippen LogP contribution in [-0.2, 0) is 9.59 Å². The maximum atomic E-state index is 11.2. The fraction of sp³-hybridized carbons (Fsp3) is 0. The van der Waals surface area contributed by atoms with Crippen LogP contribution in [0.2, 0.25) is 0 Å². The number of allylic oxidation sites excluding steroid dienone is 2. The van der Waals surface area contributed by atoms with Gasteiger partial charge in [-0.3, -0.25) is 9.59 Å². The number of imide groups is 1. The molecular formula is C14H13NO2. The lowest BCUT2D eigenvalue weighted by atomic mass is 10.3. The number of nitrogens with zero attached hydrogens (tertiary/aromatic N) is 1. The van der Waals surface area contributed by atoms with E-state index >= 15 is 0 Å². The van der Waals surface area contributed by atoms with E-state index in [9.17, 15) is 9.59 Å². The lowest BCUT2D eigenvalue weighted by Crippen LogP contribution is -2.29. The summed E-state index contributed by atoms with van der Waals surface area (Å²) in [6, 6.07) is 8.86. The molecule has 0 unspecified atom stereocenters. The van der Waals surface area contributed by atoms with Gasteiger partial charge >= 0.3 is 0 Å². The van der Waals surface area contributed by atoms with E-state index in [-0.39, 0.29) is 11.8 Å². The molecule has 0 saturated carbocycles. The number of para-hydroxylation sites is 1. The molecule has 0 fully saturated rings. The van der Waals surface area contributed by atoms with Gasteiger partial charge in [0.2, 0.25) is 0 Å². The predicted octanol–water partition coefficient (Wildman–Crippen LogP) is 2.47. The number of hydrogen-bond donors (Lipinski definition) is 0. The molecule has 0 spiro atoms. The van der Waals surface area contributed by atoms with Crippen molar-refractivity contribution in [2.75, 3.05) is 4.90 Å². The summed E-state index contributed by atoms with van der Waals surface area (Å²) in [5, 5.41) is 0. The molecule has 1 aliphatic heterocycles. The Morgan fingerprint density at radius 3 is 1.76 bits per heavy atom. The van der Waals surface area contributed by atoms with Gasteiger partial charge in [-0.2, -0.15) is 0 Å². The lowest BCUT2D eigenvalue weighted by molar-refractivity contribution is -0.119. The van der Waals surface area contributed by atoms with E-state index in [0.29, 0.717) is 5.69 Å². The number of carbonyl (C=O) groups is 2. The normalized spacial score (nSPS) is 13.1. The second-order valence-electron chi connectivity index (χ2n) is 3.15. The number of amides is 2. The summed E-state index contributed by atoms with van der Waals surface area (Å²) in [6.07, 6.45) is 5.82. The van der Waals surface area contributed by atoms with Gasteiger partial charge in [-0.1, -0.05) is 43.5 Å². The van der Waals surface area contributed by atoms with Crippen molar-refractivity contribution in [3.05, 3.63) is 67.8 Å². The number of carbonyl (C=O) groups excluding carboxylic acids is 2. The van der Waals surface area contributed by atoms with Gasteiger partial charge in [0, 0.05) is 12.2 Å². The molecule has 0 N–H and O–H groups in total. The van der Waals surface area contributed by atoms with E-state index in [2.05, 4.69) is 13.2 Å². The molecule has 1 aromatic rings. The Morgan fingerprint density at radius 1 is 0.882 bits per heavy atom. The Bertz CT molecular complexity index is 436. The summed E-state index contributed by atoms with van der Waals surface area (Å²) in [5.74, 6) is -0.563. The molecule has 1 aliphatic rings. The van der Waals surface area contributed by atoms with Crippen LogP contribution in [0.4, 0.5) is 5.69 Å². The first-order valence-corrected chi connectivity index (χ1v) is 5.05. The van der Waals surface area contributed by atoms with Gasteiger partial charge < -0.3 is 0 Å². The van der Waals surface area contributed by atoms with Crippen LogP contribution in [0.3, 0.4) is 0 Å². The molecule has 2 rings (SSSR count). The number of anilines is 1. The van der Waals surface area contributed by atoms with Crippen molar-refractivity contribution < 1.29 is 9.59 Å². The topological polar surface area (TPSA) is 37.4 Å². The van der Waals surface area contributed by atoms with Gasteiger partial charge in [0.1, 0.15) is 0 Å². The van der Waals surface area contributed by atoms with E-state index < -0.39 is 0 Å². The Morgan fingerprint density at radius 2 is 1.35 bits per heavy atom. The Kier molecular flexibility index (Phi) is 4.63. The molecule has 17 heavy (non-hydrogen) atoms. The largest absolute Gasteiger partial charge is 0.269 e. The van der Waals surface area contributed by atoms with E-state index in [1.165, 1.54) is 12.2 Å². The summed E-state index contributed by atoms with van der Waals surface area (Å²) >= 11 is 0. The van der Waals surface area contributed by atoms with E-state index in [4.69, 9.17) is 0 Å². The quantitative estimate of drug-likeness (QED) is 0.575. The number of hydrogen-bond acceptors (Lipinski definition) is 2. The van der Waals surface area contributed by atoms with Crippen molar-refractivity contribution in [1.82, 2.24) is 0 Å². The average molecular weight is 227 g/mol. The molecule has 3 nitrogen and oxygen atoms in total. The van der Waals surface area contributed by atoms with Crippen LogP contribution in [0.25, 0.3) is 0 Å². The third-order valence-corrected chi connectivity index (χ3v) is 1.99. The van der Waals surface area contributed by atoms with Crippen LogP contribution in [0.1, 0.15) is 0 Å². The van der Waals surface area contributed by atoms with Gasteiger partial charge in [-0.15, -0.1) is 0 Å². The van der Waals surface area contributed by atoms with Gasteiger partial charge in [0.15, 0.2) is 0 Å². The first kappa shape index (κ1) is 12.6. The highest BCUT2D eigenvalue weighted by atomic mass is 16.2. The van der Waals surface area contributed by atoms with E-state index in [0.717, 1.165) is 4.90 Å². The second kappa shape index (κ2) is 6.23. The molecule has 3 heteroatoms. The predicted molar refractivity (Wildman–Crippen MR) is 68.5 cm³/mol. The maximum Gasteiger partial charge on any atom is 0.258 e. The molecule has 1 aromatic carbocycles. The zero-order valence-corrected chi connectivity index (χ0v) is 9.37. The smallest absolute Gasteiger partial charge is 0.258 e. The van der Waals surface area contributed by atoms with Gasteiger partial charge in [0.05, 0.1) is 5.69 Å². The Balaban J connectivity index is 0.000000317. The Hall–Kier alpha value is -2.42. The van der Waals surface area contributed by atoms with Crippen LogP contribution in [0.15, 0.2) is 67.8 Å². The maximum absolute atomic E-state index is 11.2. The molecule has 0 radical (unpaired) electrons. The van der Waals surface area contributed by atoms with E-state index in [1.807, 2.05) is 6.07 Å². The van der Waals surface area contributed by atoms with Crippen LogP contribution < -0.4 is 4.90 Å². The van der Waals surface area contributed by atoms with Gasteiger partial charge in [-0.05, 0) is 12.1 Å². The van der Waals surface area contributed by atoms with Crippen LogP contribution >= 0.6 is 0 Å². The summed E-state index contributed by atoms with van der Waals surface area (Å²) in [7, 11) is 0. The molecule has 0 aliphatic carbocycles. The first-order valence-electron chi connectivity index (χ1n) is 5.05. The zero-order chi connectivity index (χ0) is 12.7. The monoisotopic (exact) mass is 227 g/mol. The van der Waals surface area contributed by atoms with Crippen molar-refractivity contribution in [2.45, 2.75) is 0 Å². The highest BCUT2D eigenvalue weighted by Gasteiger charge is 2.24. The lowest BCUT2D eigenvalue weighted by Gasteiger charge is -2.12. The van der Waals surface area contributed by atoms with Crippen molar-refractivity contribution in [1.29, 1.82) is 0 Å². The highest BCUT2D eigenvalue weighted by Crippen LogP contribution is 2.17. The van der Waals surface area contributed by atoms with Crippen LogP contribution in [-0.4, -0.2) is 11.8 Å². The molecule has 0 bridgehead atoms. The molecule has 86 valence electrons. The summed E-state index contributed by atoms with van der Waals surface area (Å²) < 4.78 is 0. The zero-order valence-electron chi connectivity index (χ0n) is 9.37. The number of benzene rings is 1. The van der Waals surface area contributed by atoms with Crippen molar-refractivity contribution >= 4 is 17.5 Å². The van der Waals surface area contributed by atoms with Crippen LogP contribution in [0, 0.1) is 0 Å². The Labute approximate surface area is 100 Å². The fourth-order valence-corrected chi connectivity index (χ4v) is 1.23. The van der Waals surface area contributed by atoms with E-state index in [1.54, 1.807) is 36.4 Å². The minimum Gasteiger partial charge on any atom is -0.269 e. The molecular weight excluding hydrogens is 214 g/mol. The van der Waals surface area contributed by atoms with Gasteiger partial charge in [0.25, 0.3) is 11.8 Å². The van der Waals surface area contributed by atoms with Crippen molar-refractivity contribution in [3.8, 4) is 0 Å². The molecule has 0 atom stereocenters. The van der Waals surface area contributed by atoms with Gasteiger partial charge in [-0.25, -0.2) is 4.90 Å². The minimum absolute atomic E-state index is 0.281. The van der Waals surface area contributed by atoms with Crippen molar-refractivity contribution in [3.63, 3.8) is 0 Å².